The molecule has 0 heterocycles. The molecule has 2 unspecified atom stereocenters. The van der Waals surface area contributed by atoms with Gasteiger partial charge in [0.1, 0.15) is 0 Å². The average molecular weight is 275 g/mol. The zero-order valence-corrected chi connectivity index (χ0v) is 12.3. The Morgan fingerprint density at radius 1 is 1.25 bits per heavy atom. The van der Waals surface area contributed by atoms with E-state index in [1.165, 1.54) is 24.8 Å². The van der Waals surface area contributed by atoms with E-state index >= 15 is 0 Å². The maximum Gasteiger partial charge on any atom is 0.222 e. The van der Waals surface area contributed by atoms with Crippen LogP contribution in [0.3, 0.4) is 0 Å². The predicted molar refractivity (Wildman–Crippen MR) is 80.5 cm³/mol. The molecule has 20 heavy (non-hydrogen) atoms. The first kappa shape index (κ1) is 15.0. The van der Waals surface area contributed by atoms with E-state index in [1.807, 2.05) is 6.07 Å². The van der Waals surface area contributed by atoms with Gasteiger partial charge >= 0.3 is 0 Å². The summed E-state index contributed by atoms with van der Waals surface area (Å²) >= 11 is 0. The molecule has 1 aromatic carbocycles. The van der Waals surface area contributed by atoms with E-state index < -0.39 is 0 Å². The van der Waals surface area contributed by atoms with Crippen molar-refractivity contribution in [2.75, 3.05) is 13.7 Å². The Balaban J connectivity index is 1.90. The molecule has 2 atom stereocenters. The lowest BCUT2D eigenvalue weighted by molar-refractivity contribution is -0.123. The molecule has 0 saturated heterocycles. The molecule has 1 saturated carbocycles. The zero-order valence-electron chi connectivity index (χ0n) is 12.3. The summed E-state index contributed by atoms with van der Waals surface area (Å²) in [6.45, 7) is 0.502. The highest BCUT2D eigenvalue weighted by Gasteiger charge is 2.26. The molecule has 0 radical (unpaired) electrons. The Morgan fingerprint density at radius 2 is 2.00 bits per heavy atom. The maximum atomic E-state index is 11.9. The Labute approximate surface area is 121 Å². The minimum atomic E-state index is 0.122. The van der Waals surface area contributed by atoms with Gasteiger partial charge in [-0.15, -0.1) is 0 Å². The number of carbonyl (C=O) groups excluding carboxylic acids is 1. The number of hydrogen-bond donors (Lipinski definition) is 1. The monoisotopic (exact) mass is 275 g/mol. The number of ether oxygens (including phenoxy) is 1. The number of hydrogen-bond acceptors (Lipinski definition) is 2. The van der Waals surface area contributed by atoms with Crippen molar-refractivity contribution in [1.29, 1.82) is 0 Å². The van der Waals surface area contributed by atoms with Crippen LogP contribution in [-0.2, 0) is 16.0 Å². The van der Waals surface area contributed by atoms with Crippen molar-refractivity contribution in [3.63, 3.8) is 0 Å². The highest BCUT2D eigenvalue weighted by molar-refractivity contribution is 5.76. The van der Waals surface area contributed by atoms with E-state index in [2.05, 4.69) is 29.6 Å². The lowest BCUT2D eigenvalue weighted by Crippen LogP contribution is -2.43. The first-order valence-electron chi connectivity index (χ1n) is 7.62. The van der Waals surface area contributed by atoms with Gasteiger partial charge in [-0.25, -0.2) is 0 Å². The quantitative estimate of drug-likeness (QED) is 0.867. The van der Waals surface area contributed by atoms with Gasteiger partial charge in [0.25, 0.3) is 0 Å². The van der Waals surface area contributed by atoms with Crippen molar-refractivity contribution < 1.29 is 9.53 Å². The molecule has 1 aromatic rings. The van der Waals surface area contributed by atoms with Gasteiger partial charge in [0.05, 0.1) is 6.61 Å². The smallest absolute Gasteiger partial charge is 0.222 e. The van der Waals surface area contributed by atoms with Crippen LogP contribution in [0.15, 0.2) is 30.3 Å². The van der Waals surface area contributed by atoms with Crippen LogP contribution in [0.5, 0.6) is 0 Å². The minimum absolute atomic E-state index is 0.122. The average Bonchev–Trinajstić information content (AvgIpc) is 2.48. The number of carbonyl (C=O) groups is 1. The maximum absolute atomic E-state index is 11.9. The first-order chi connectivity index (χ1) is 9.79. The largest absolute Gasteiger partial charge is 0.384 e. The highest BCUT2D eigenvalue weighted by atomic mass is 16.5. The number of amides is 1. The van der Waals surface area contributed by atoms with E-state index in [0.29, 0.717) is 25.0 Å². The van der Waals surface area contributed by atoms with Crippen LogP contribution in [0.4, 0.5) is 0 Å². The van der Waals surface area contributed by atoms with Gasteiger partial charge in [0, 0.05) is 19.6 Å². The molecule has 0 spiro atoms. The number of nitrogens with one attached hydrogen (secondary N) is 1. The molecule has 0 aliphatic heterocycles. The molecule has 3 heteroatoms. The Hall–Kier alpha value is -1.35. The molecule has 1 amide bonds. The van der Waals surface area contributed by atoms with Crippen molar-refractivity contribution in [3.05, 3.63) is 35.9 Å². The third kappa shape index (κ3) is 4.64. The van der Waals surface area contributed by atoms with Crippen LogP contribution in [0.1, 0.15) is 37.7 Å². The Morgan fingerprint density at radius 3 is 2.75 bits per heavy atom. The van der Waals surface area contributed by atoms with Gasteiger partial charge in [0.2, 0.25) is 5.91 Å². The number of benzene rings is 1. The molecular weight excluding hydrogens is 250 g/mol. The Kier molecular flexibility index (Phi) is 6.06. The lowest BCUT2D eigenvalue weighted by Gasteiger charge is -2.32. The van der Waals surface area contributed by atoms with Crippen molar-refractivity contribution >= 4 is 5.91 Å². The van der Waals surface area contributed by atoms with Crippen LogP contribution < -0.4 is 5.32 Å². The summed E-state index contributed by atoms with van der Waals surface area (Å²) in [5.74, 6) is 0.689. The third-order valence-corrected chi connectivity index (χ3v) is 4.13. The SMILES string of the molecule is COCCC(=O)NC1CCCCC1Cc1ccccc1. The molecule has 1 aliphatic carbocycles. The van der Waals surface area contributed by atoms with Gasteiger partial charge in [-0.3, -0.25) is 4.79 Å². The van der Waals surface area contributed by atoms with Crippen LogP contribution in [-0.4, -0.2) is 25.7 Å². The Bertz CT molecular complexity index is 405. The standard InChI is InChI=1S/C17H25NO2/c1-20-12-11-17(19)18-16-10-6-5-9-15(16)13-14-7-3-2-4-8-14/h2-4,7-8,15-16H,5-6,9-13H2,1H3,(H,18,19). The van der Waals surface area contributed by atoms with Gasteiger partial charge in [0.15, 0.2) is 0 Å². The predicted octanol–water partition coefficient (Wildman–Crippen LogP) is 2.94. The summed E-state index contributed by atoms with van der Waals surface area (Å²) in [6, 6.07) is 10.9. The fourth-order valence-electron chi connectivity index (χ4n) is 3.03. The second kappa shape index (κ2) is 8.05. The van der Waals surface area contributed by atoms with E-state index in [1.54, 1.807) is 7.11 Å². The minimum Gasteiger partial charge on any atom is -0.384 e. The number of methoxy groups -OCH3 is 1. The second-order valence-corrected chi connectivity index (χ2v) is 5.65. The van der Waals surface area contributed by atoms with Gasteiger partial charge < -0.3 is 10.1 Å². The number of rotatable bonds is 6. The summed E-state index contributed by atoms with van der Waals surface area (Å²) in [5.41, 5.74) is 1.37. The molecular formula is C17H25NO2. The molecule has 0 bridgehead atoms. The first-order valence-corrected chi connectivity index (χ1v) is 7.62. The molecule has 2 rings (SSSR count). The lowest BCUT2D eigenvalue weighted by atomic mass is 9.80. The topological polar surface area (TPSA) is 38.3 Å². The van der Waals surface area contributed by atoms with Crippen molar-refractivity contribution in [1.82, 2.24) is 5.32 Å². The summed E-state index contributed by atoms with van der Waals surface area (Å²) in [7, 11) is 1.63. The van der Waals surface area contributed by atoms with Crippen molar-refractivity contribution in [2.45, 2.75) is 44.6 Å². The normalized spacial score (nSPS) is 22.4. The summed E-state index contributed by atoms with van der Waals surface area (Å²) in [4.78, 5) is 11.9. The van der Waals surface area contributed by atoms with Crippen LogP contribution >= 0.6 is 0 Å². The molecule has 1 aliphatic rings. The van der Waals surface area contributed by atoms with Crippen LogP contribution in [0.2, 0.25) is 0 Å². The van der Waals surface area contributed by atoms with E-state index in [4.69, 9.17) is 4.74 Å². The summed E-state index contributed by atoms with van der Waals surface area (Å²) in [5, 5.41) is 3.21. The van der Waals surface area contributed by atoms with E-state index in [0.717, 1.165) is 12.8 Å². The molecule has 110 valence electrons. The molecule has 0 aromatic heterocycles. The van der Waals surface area contributed by atoms with Crippen LogP contribution in [0.25, 0.3) is 0 Å². The molecule has 3 nitrogen and oxygen atoms in total. The third-order valence-electron chi connectivity index (χ3n) is 4.13. The molecule has 1 fully saturated rings. The zero-order chi connectivity index (χ0) is 14.2. The van der Waals surface area contributed by atoms with Crippen molar-refractivity contribution in [3.8, 4) is 0 Å². The highest BCUT2D eigenvalue weighted by Crippen LogP contribution is 2.27. The van der Waals surface area contributed by atoms with E-state index in [9.17, 15) is 4.79 Å². The van der Waals surface area contributed by atoms with Gasteiger partial charge in [-0.2, -0.15) is 0 Å². The van der Waals surface area contributed by atoms with Crippen LogP contribution in [0, 0.1) is 5.92 Å². The van der Waals surface area contributed by atoms with Gasteiger partial charge in [-0.1, -0.05) is 43.2 Å². The summed E-state index contributed by atoms with van der Waals surface area (Å²) in [6.07, 6.45) is 6.35. The van der Waals surface area contributed by atoms with Gasteiger partial charge in [-0.05, 0) is 30.7 Å². The summed E-state index contributed by atoms with van der Waals surface area (Å²) < 4.78 is 4.96. The second-order valence-electron chi connectivity index (χ2n) is 5.65. The van der Waals surface area contributed by atoms with Crippen molar-refractivity contribution in [2.24, 2.45) is 5.92 Å². The fourth-order valence-corrected chi connectivity index (χ4v) is 3.03. The molecule has 1 N–H and O–H groups in total. The van der Waals surface area contributed by atoms with E-state index in [-0.39, 0.29) is 5.91 Å². The fraction of sp³-hybridized carbons (Fsp3) is 0.588.